The molecule has 0 amide bonds. The predicted octanol–water partition coefficient (Wildman–Crippen LogP) is 3.50. The van der Waals surface area contributed by atoms with Gasteiger partial charge in [0.15, 0.2) is 0 Å². The first-order chi connectivity index (χ1) is 9.25. The van der Waals surface area contributed by atoms with Crippen molar-refractivity contribution in [3.8, 4) is 0 Å². The molecule has 1 N–H and O–H groups in total. The third-order valence-electron chi connectivity index (χ3n) is 6.48. The molecule has 0 saturated heterocycles. The Morgan fingerprint density at radius 3 is 1.84 bits per heavy atom. The lowest BCUT2D eigenvalue weighted by atomic mass is 9.54. The first-order valence-electron chi connectivity index (χ1n) is 8.60. The normalized spacial score (nSPS) is 52.6. The van der Waals surface area contributed by atoms with E-state index in [2.05, 4.69) is 12.4 Å². The fourth-order valence-electron chi connectivity index (χ4n) is 6.00. The van der Waals surface area contributed by atoms with Crippen molar-refractivity contribution >= 4 is 0 Å². The monoisotopic (exact) mass is 263 g/mol. The minimum absolute atomic E-state index is 0.325. The van der Waals surface area contributed by atoms with Crippen molar-refractivity contribution in [3.05, 3.63) is 0 Å². The average molecular weight is 263 g/mol. The highest BCUT2D eigenvalue weighted by Gasteiger charge is 2.52. The average Bonchev–Trinajstić information content (AvgIpc) is 2.37. The van der Waals surface area contributed by atoms with Gasteiger partial charge in [-0.2, -0.15) is 0 Å². The number of hydrogen-bond acceptors (Lipinski definition) is 2. The maximum absolute atomic E-state index is 6.76. The van der Waals surface area contributed by atoms with Gasteiger partial charge in [0, 0.05) is 6.04 Å². The van der Waals surface area contributed by atoms with E-state index in [1.165, 1.54) is 64.2 Å². The van der Waals surface area contributed by atoms with Crippen LogP contribution in [0.4, 0.5) is 0 Å². The van der Waals surface area contributed by atoms with E-state index in [-0.39, 0.29) is 0 Å². The predicted molar refractivity (Wildman–Crippen MR) is 77.1 cm³/mol. The Morgan fingerprint density at radius 2 is 1.37 bits per heavy atom. The van der Waals surface area contributed by atoms with Crippen LogP contribution >= 0.6 is 0 Å². The SMILES string of the molecule is CNC1CCC(OC23CC4CC(CC(C4)C2)C3)CC1. The van der Waals surface area contributed by atoms with E-state index >= 15 is 0 Å². The van der Waals surface area contributed by atoms with Crippen LogP contribution in [0.5, 0.6) is 0 Å². The molecule has 0 aliphatic heterocycles. The minimum atomic E-state index is 0.325. The maximum Gasteiger partial charge on any atom is 0.0694 e. The third kappa shape index (κ3) is 2.35. The molecule has 0 aromatic carbocycles. The Kier molecular flexibility index (Phi) is 3.15. The number of nitrogens with one attached hydrogen (secondary N) is 1. The van der Waals surface area contributed by atoms with Crippen LogP contribution in [0.3, 0.4) is 0 Å². The van der Waals surface area contributed by atoms with Crippen molar-refractivity contribution in [1.82, 2.24) is 5.32 Å². The Bertz CT molecular complexity index is 297. The van der Waals surface area contributed by atoms with E-state index in [1.807, 2.05) is 0 Å². The van der Waals surface area contributed by atoms with Gasteiger partial charge in [-0.1, -0.05) is 0 Å². The molecule has 0 heterocycles. The number of hydrogen-bond donors (Lipinski definition) is 1. The van der Waals surface area contributed by atoms with E-state index < -0.39 is 0 Å². The molecule has 108 valence electrons. The van der Waals surface area contributed by atoms with Crippen molar-refractivity contribution in [2.45, 2.75) is 82.0 Å². The highest BCUT2D eigenvalue weighted by Crippen LogP contribution is 2.57. The standard InChI is InChI=1S/C17H29NO/c1-18-15-2-4-16(5-3-15)19-17-9-12-6-13(10-17)8-14(7-12)11-17/h12-16,18H,2-11H2,1H3. The highest BCUT2D eigenvalue weighted by molar-refractivity contribution is 5.03. The molecule has 5 aliphatic carbocycles. The largest absolute Gasteiger partial charge is 0.372 e. The van der Waals surface area contributed by atoms with Crippen molar-refractivity contribution in [2.75, 3.05) is 7.05 Å². The number of ether oxygens (including phenoxy) is 1. The first-order valence-corrected chi connectivity index (χ1v) is 8.60. The second kappa shape index (κ2) is 4.73. The molecular weight excluding hydrogens is 234 g/mol. The van der Waals surface area contributed by atoms with Crippen LogP contribution in [0.2, 0.25) is 0 Å². The molecule has 4 bridgehead atoms. The summed E-state index contributed by atoms with van der Waals surface area (Å²) >= 11 is 0. The molecule has 5 saturated carbocycles. The Morgan fingerprint density at radius 1 is 0.842 bits per heavy atom. The third-order valence-corrected chi connectivity index (χ3v) is 6.48. The minimum Gasteiger partial charge on any atom is -0.372 e. The van der Waals surface area contributed by atoms with Gasteiger partial charge in [-0.25, -0.2) is 0 Å². The second-order valence-electron chi connectivity index (χ2n) is 7.98. The van der Waals surface area contributed by atoms with Gasteiger partial charge in [0.25, 0.3) is 0 Å². The van der Waals surface area contributed by atoms with Gasteiger partial charge in [0.1, 0.15) is 0 Å². The fourth-order valence-corrected chi connectivity index (χ4v) is 6.00. The van der Waals surface area contributed by atoms with Gasteiger partial charge in [0.2, 0.25) is 0 Å². The molecular formula is C17H29NO. The topological polar surface area (TPSA) is 21.3 Å². The molecule has 5 fully saturated rings. The molecule has 0 aromatic heterocycles. The Balaban J connectivity index is 1.40. The molecule has 2 nitrogen and oxygen atoms in total. The van der Waals surface area contributed by atoms with Crippen LogP contribution in [-0.4, -0.2) is 24.8 Å². The zero-order valence-corrected chi connectivity index (χ0v) is 12.4. The number of rotatable bonds is 3. The van der Waals surface area contributed by atoms with Gasteiger partial charge >= 0.3 is 0 Å². The lowest BCUT2D eigenvalue weighted by Gasteiger charge is -2.57. The highest BCUT2D eigenvalue weighted by atomic mass is 16.5. The van der Waals surface area contributed by atoms with Crippen molar-refractivity contribution in [1.29, 1.82) is 0 Å². The molecule has 2 heteroatoms. The molecule has 19 heavy (non-hydrogen) atoms. The van der Waals surface area contributed by atoms with Crippen molar-refractivity contribution < 1.29 is 4.74 Å². The Labute approximate surface area is 117 Å². The van der Waals surface area contributed by atoms with Crippen LogP contribution in [-0.2, 0) is 4.74 Å². The smallest absolute Gasteiger partial charge is 0.0694 e. The van der Waals surface area contributed by atoms with Crippen molar-refractivity contribution in [2.24, 2.45) is 17.8 Å². The maximum atomic E-state index is 6.76. The molecule has 5 aliphatic rings. The zero-order valence-electron chi connectivity index (χ0n) is 12.4. The van der Waals surface area contributed by atoms with E-state index in [0.717, 1.165) is 23.8 Å². The summed E-state index contributed by atoms with van der Waals surface area (Å²) in [5.74, 6) is 3.04. The summed E-state index contributed by atoms with van der Waals surface area (Å²) in [5, 5.41) is 3.43. The second-order valence-corrected chi connectivity index (χ2v) is 7.98. The van der Waals surface area contributed by atoms with Crippen LogP contribution in [0.15, 0.2) is 0 Å². The summed E-state index contributed by atoms with van der Waals surface area (Å²) in [7, 11) is 2.10. The van der Waals surface area contributed by atoms with Gasteiger partial charge in [0.05, 0.1) is 11.7 Å². The summed E-state index contributed by atoms with van der Waals surface area (Å²) in [6.07, 6.45) is 14.5. The summed E-state index contributed by atoms with van der Waals surface area (Å²) < 4.78 is 6.76. The fraction of sp³-hybridized carbons (Fsp3) is 1.00. The molecule has 0 spiro atoms. The molecule has 0 unspecified atom stereocenters. The van der Waals surface area contributed by atoms with E-state index in [0.29, 0.717) is 11.7 Å². The molecule has 5 rings (SSSR count). The zero-order chi connectivity index (χ0) is 12.9. The van der Waals surface area contributed by atoms with Crippen LogP contribution in [0.1, 0.15) is 64.2 Å². The van der Waals surface area contributed by atoms with E-state index in [9.17, 15) is 0 Å². The van der Waals surface area contributed by atoms with Crippen LogP contribution < -0.4 is 5.32 Å². The van der Waals surface area contributed by atoms with Crippen molar-refractivity contribution in [3.63, 3.8) is 0 Å². The summed E-state index contributed by atoms with van der Waals surface area (Å²) in [6.45, 7) is 0. The Hall–Kier alpha value is -0.0800. The summed E-state index contributed by atoms with van der Waals surface area (Å²) in [4.78, 5) is 0. The van der Waals surface area contributed by atoms with Gasteiger partial charge in [-0.05, 0) is 89.0 Å². The quantitative estimate of drug-likeness (QED) is 0.841. The van der Waals surface area contributed by atoms with E-state index in [4.69, 9.17) is 4.74 Å². The van der Waals surface area contributed by atoms with Gasteiger partial charge in [-0.3, -0.25) is 0 Å². The molecule has 0 aromatic rings. The summed E-state index contributed by atoms with van der Waals surface area (Å²) in [6, 6.07) is 0.746. The lowest BCUT2D eigenvalue weighted by molar-refractivity contribution is -0.193. The van der Waals surface area contributed by atoms with Gasteiger partial charge < -0.3 is 10.1 Å². The first kappa shape index (κ1) is 12.6. The van der Waals surface area contributed by atoms with Gasteiger partial charge in [-0.15, -0.1) is 0 Å². The van der Waals surface area contributed by atoms with Crippen LogP contribution in [0.25, 0.3) is 0 Å². The van der Waals surface area contributed by atoms with E-state index in [1.54, 1.807) is 0 Å². The van der Waals surface area contributed by atoms with Crippen LogP contribution in [0, 0.1) is 17.8 Å². The molecule has 0 radical (unpaired) electrons. The molecule has 0 atom stereocenters. The lowest BCUT2D eigenvalue weighted by Crippen LogP contribution is -2.53. The summed E-state index contributed by atoms with van der Waals surface area (Å²) in [5.41, 5.74) is 0.325.